The fourth-order valence-corrected chi connectivity index (χ4v) is 4.41. The third kappa shape index (κ3) is 10.7. The molecule has 0 aliphatic heterocycles. The van der Waals surface area contributed by atoms with Crippen molar-refractivity contribution in [1.82, 2.24) is 19.9 Å². The number of hydrogen-bond acceptors (Lipinski definition) is 7. The highest BCUT2D eigenvalue weighted by Crippen LogP contribution is 2.26. The molecule has 2 heterocycles. The van der Waals surface area contributed by atoms with E-state index in [4.69, 9.17) is 28.9 Å². The first kappa shape index (κ1) is 31.3. The molecule has 9 heteroatoms. The van der Waals surface area contributed by atoms with Gasteiger partial charge in [0.15, 0.2) is 21.9 Å². The van der Waals surface area contributed by atoms with E-state index in [9.17, 15) is 0 Å². The van der Waals surface area contributed by atoms with Gasteiger partial charge in [-0.3, -0.25) is 0 Å². The molecule has 0 aliphatic rings. The van der Waals surface area contributed by atoms with E-state index in [1.165, 1.54) is 45.8 Å². The number of halogens is 2. The predicted octanol–water partition coefficient (Wildman–Crippen LogP) is 8.87. The summed E-state index contributed by atoms with van der Waals surface area (Å²) in [5, 5.41) is 7.22. The number of benzene rings is 3. The van der Waals surface area contributed by atoms with Gasteiger partial charge in [-0.05, 0) is 111 Å². The minimum Gasteiger partial charge on any atom is -0.399 e. The van der Waals surface area contributed by atoms with Gasteiger partial charge >= 0.3 is 0 Å². The number of aromatic nitrogens is 4. The molecule has 5 aromatic rings. The minimum absolute atomic E-state index is 0.245. The van der Waals surface area contributed by atoms with Gasteiger partial charge in [0.1, 0.15) is 0 Å². The number of nitrogens with one attached hydrogen (secondary N) is 2. The monoisotopic (exact) mass is 587 g/mol. The maximum Gasteiger partial charge on any atom is 0.173 e. The zero-order valence-corrected chi connectivity index (χ0v) is 25.6. The third-order valence-corrected chi connectivity index (χ3v) is 6.17. The summed E-state index contributed by atoms with van der Waals surface area (Å²) in [6.45, 7) is 12.4. The van der Waals surface area contributed by atoms with E-state index < -0.39 is 0 Å². The van der Waals surface area contributed by atoms with Gasteiger partial charge in [0, 0.05) is 41.8 Å². The lowest BCUT2D eigenvalue weighted by atomic mass is 10.1. The summed E-state index contributed by atoms with van der Waals surface area (Å²) in [5.74, 6) is 1.42. The number of nitrogen functional groups attached to an aromatic ring is 1. The molecule has 0 atom stereocenters. The van der Waals surface area contributed by atoms with Crippen molar-refractivity contribution in [2.24, 2.45) is 0 Å². The zero-order chi connectivity index (χ0) is 29.9. The van der Waals surface area contributed by atoms with Crippen molar-refractivity contribution >= 4 is 51.9 Å². The van der Waals surface area contributed by atoms with Crippen LogP contribution in [0.5, 0.6) is 0 Å². The quantitative estimate of drug-likeness (QED) is 0.180. The number of hydrogen-bond donors (Lipinski definition) is 3. The third-order valence-electron chi connectivity index (χ3n) is 5.52. The topological polar surface area (TPSA) is 102 Å². The van der Waals surface area contributed by atoms with Gasteiger partial charge < -0.3 is 16.4 Å². The smallest absolute Gasteiger partial charge is 0.173 e. The van der Waals surface area contributed by atoms with E-state index in [0.29, 0.717) is 11.6 Å². The molecule has 0 amide bonds. The van der Waals surface area contributed by atoms with Crippen LogP contribution in [0.25, 0.3) is 0 Å². The lowest BCUT2D eigenvalue weighted by Gasteiger charge is -2.13. The number of nitrogens with zero attached hydrogens (tertiary/aromatic N) is 4. The molecule has 7 nitrogen and oxygen atoms in total. The van der Waals surface area contributed by atoms with Crippen molar-refractivity contribution in [2.45, 2.75) is 41.5 Å². The summed E-state index contributed by atoms with van der Waals surface area (Å²) >= 11 is 10.8. The van der Waals surface area contributed by atoms with Crippen LogP contribution < -0.4 is 16.4 Å². The molecular formula is C32H35Cl2N7. The molecule has 2 aromatic heterocycles. The average molecular weight is 589 g/mol. The summed E-state index contributed by atoms with van der Waals surface area (Å²) < 4.78 is 0. The summed E-state index contributed by atoms with van der Waals surface area (Å²) in [6, 6.07) is 18.7. The lowest BCUT2D eigenvalue weighted by molar-refractivity contribution is 1.19. The normalized spacial score (nSPS) is 10.0. The molecule has 0 saturated carbocycles. The second kappa shape index (κ2) is 15.0. The van der Waals surface area contributed by atoms with Crippen LogP contribution in [0.15, 0.2) is 79.4 Å². The van der Waals surface area contributed by atoms with E-state index in [-0.39, 0.29) is 10.3 Å². The molecule has 0 saturated heterocycles. The molecule has 212 valence electrons. The standard InChI is InChI=1S/C20H22N4.C8H11N.C4H2Cl2N2/c1-13-7-14(2)10-17(9-13)23-19-20(22-6-5-21-19)24-18-11-15(3)8-16(4)12-18;1-6-3-7(2)5-8(9)4-6;5-3-4(6)8-2-1-7-3/h5-12H,1-4H3,(H,21,23)(H,22,24);3-5H,9H2,1-2H3;1-2H. The number of aryl methyl sites for hydroxylation is 6. The number of nitrogens with two attached hydrogens (primary N) is 1. The average Bonchev–Trinajstić information content (AvgIpc) is 2.86. The summed E-state index contributed by atoms with van der Waals surface area (Å²) in [6.07, 6.45) is 6.34. The maximum absolute atomic E-state index is 5.56. The molecule has 3 aromatic carbocycles. The molecule has 5 rings (SSSR count). The van der Waals surface area contributed by atoms with Crippen LogP contribution in [0.2, 0.25) is 10.3 Å². The molecular weight excluding hydrogens is 553 g/mol. The first-order valence-electron chi connectivity index (χ1n) is 13.0. The first-order chi connectivity index (χ1) is 19.5. The molecule has 41 heavy (non-hydrogen) atoms. The molecule has 0 radical (unpaired) electrons. The van der Waals surface area contributed by atoms with Crippen LogP contribution in [0.1, 0.15) is 33.4 Å². The Morgan fingerprint density at radius 2 is 0.756 bits per heavy atom. The van der Waals surface area contributed by atoms with Crippen LogP contribution in [-0.4, -0.2) is 19.9 Å². The minimum atomic E-state index is 0.245. The Morgan fingerprint density at radius 1 is 0.463 bits per heavy atom. The van der Waals surface area contributed by atoms with Crippen LogP contribution in [0.4, 0.5) is 28.7 Å². The SMILES string of the molecule is Cc1cc(C)cc(N)c1.Cc1cc(C)cc(Nc2nccnc2Nc2cc(C)cc(C)c2)c1.Clc1nccnc1Cl. The summed E-state index contributed by atoms with van der Waals surface area (Å²) in [4.78, 5) is 16.2. The lowest BCUT2D eigenvalue weighted by Crippen LogP contribution is -2.02. The Labute approximate surface area is 252 Å². The van der Waals surface area contributed by atoms with Gasteiger partial charge in [0.25, 0.3) is 0 Å². The summed E-state index contributed by atoms with van der Waals surface area (Å²) in [7, 11) is 0. The highest BCUT2D eigenvalue weighted by molar-refractivity contribution is 6.40. The second-order valence-electron chi connectivity index (χ2n) is 9.82. The van der Waals surface area contributed by atoms with Crippen molar-refractivity contribution in [1.29, 1.82) is 0 Å². The Hall–Kier alpha value is -4.20. The van der Waals surface area contributed by atoms with Crippen LogP contribution >= 0.6 is 23.2 Å². The van der Waals surface area contributed by atoms with Crippen LogP contribution in [-0.2, 0) is 0 Å². The molecule has 0 spiro atoms. The van der Waals surface area contributed by atoms with Crippen molar-refractivity contribution in [3.05, 3.63) is 123 Å². The molecule has 0 aliphatic carbocycles. The van der Waals surface area contributed by atoms with E-state index in [1.807, 2.05) is 26.0 Å². The fraction of sp³-hybridized carbons (Fsp3) is 0.188. The molecule has 0 bridgehead atoms. The van der Waals surface area contributed by atoms with E-state index in [2.05, 4.69) is 101 Å². The second-order valence-corrected chi connectivity index (χ2v) is 10.5. The van der Waals surface area contributed by atoms with Gasteiger partial charge in [-0.1, -0.05) is 41.4 Å². The largest absolute Gasteiger partial charge is 0.399 e. The number of anilines is 5. The van der Waals surface area contributed by atoms with E-state index in [0.717, 1.165) is 17.1 Å². The Kier molecular flexibility index (Phi) is 11.4. The van der Waals surface area contributed by atoms with Crippen LogP contribution in [0.3, 0.4) is 0 Å². The predicted molar refractivity (Wildman–Crippen MR) is 173 cm³/mol. The van der Waals surface area contributed by atoms with Gasteiger partial charge in [-0.2, -0.15) is 0 Å². The van der Waals surface area contributed by atoms with Crippen molar-refractivity contribution in [3.63, 3.8) is 0 Å². The fourth-order valence-electron chi connectivity index (χ4n) is 4.20. The Morgan fingerprint density at radius 3 is 1.05 bits per heavy atom. The van der Waals surface area contributed by atoms with Crippen LogP contribution in [0, 0.1) is 41.5 Å². The zero-order valence-electron chi connectivity index (χ0n) is 24.1. The summed E-state index contributed by atoms with van der Waals surface area (Å²) in [5.41, 5.74) is 15.7. The molecule has 4 N–H and O–H groups in total. The Balaban J connectivity index is 0.000000221. The maximum atomic E-state index is 5.56. The van der Waals surface area contributed by atoms with Crippen molar-refractivity contribution in [2.75, 3.05) is 16.4 Å². The van der Waals surface area contributed by atoms with Gasteiger partial charge in [-0.25, -0.2) is 19.9 Å². The van der Waals surface area contributed by atoms with Gasteiger partial charge in [-0.15, -0.1) is 0 Å². The first-order valence-corrected chi connectivity index (χ1v) is 13.7. The molecule has 0 unspecified atom stereocenters. The van der Waals surface area contributed by atoms with E-state index in [1.54, 1.807) is 12.4 Å². The van der Waals surface area contributed by atoms with E-state index >= 15 is 0 Å². The van der Waals surface area contributed by atoms with Gasteiger partial charge in [0.05, 0.1) is 0 Å². The highest BCUT2D eigenvalue weighted by atomic mass is 35.5. The Bertz CT molecular complexity index is 1420. The van der Waals surface area contributed by atoms with Gasteiger partial charge in [0.2, 0.25) is 0 Å². The highest BCUT2D eigenvalue weighted by Gasteiger charge is 2.07. The van der Waals surface area contributed by atoms with Crippen molar-refractivity contribution < 1.29 is 0 Å². The number of rotatable bonds is 4. The van der Waals surface area contributed by atoms with Crippen molar-refractivity contribution in [3.8, 4) is 0 Å². The molecule has 0 fully saturated rings.